The van der Waals surface area contributed by atoms with Crippen LogP contribution in [-0.2, 0) is 0 Å². The summed E-state index contributed by atoms with van der Waals surface area (Å²) in [6.07, 6.45) is 1.06. The lowest BCUT2D eigenvalue weighted by molar-refractivity contribution is 0.0653. The summed E-state index contributed by atoms with van der Waals surface area (Å²) in [5.74, 6) is -0.299. The average Bonchev–Trinajstić information content (AvgIpc) is 2.78. The zero-order chi connectivity index (χ0) is 13.0. The summed E-state index contributed by atoms with van der Waals surface area (Å²) in [7, 11) is 0. The van der Waals surface area contributed by atoms with Gasteiger partial charge in [0.15, 0.2) is 0 Å². The van der Waals surface area contributed by atoms with E-state index in [4.69, 9.17) is 9.52 Å². The molecule has 1 N–H and O–H groups in total. The smallest absolute Gasteiger partial charge is 0.371 e. The maximum Gasteiger partial charge on any atom is 0.371 e. The van der Waals surface area contributed by atoms with Gasteiger partial charge in [0.2, 0.25) is 5.76 Å². The van der Waals surface area contributed by atoms with Gasteiger partial charge in [0, 0.05) is 6.04 Å². The van der Waals surface area contributed by atoms with Crippen molar-refractivity contribution in [3.63, 3.8) is 0 Å². The Balaban J connectivity index is 2.85. The maximum absolute atomic E-state index is 10.8. The Hall–Kier alpha value is -1.29. The van der Waals surface area contributed by atoms with Crippen LogP contribution in [0.1, 0.15) is 56.5 Å². The molecule has 1 aromatic heterocycles. The average molecular weight is 239 g/mol. The topological polar surface area (TPSA) is 53.7 Å². The molecular weight excluding hydrogens is 218 g/mol. The Labute approximate surface area is 102 Å². The van der Waals surface area contributed by atoms with Crippen molar-refractivity contribution in [3.05, 3.63) is 23.7 Å². The fraction of sp³-hybridized carbons (Fsp3) is 0.615. The molecule has 0 amide bonds. The van der Waals surface area contributed by atoms with Crippen molar-refractivity contribution in [1.29, 1.82) is 0 Å². The SMILES string of the molecule is CCC(C)N(CC)C(C)c1ccc(C(=O)O)o1. The fourth-order valence-electron chi connectivity index (χ4n) is 2.06. The molecule has 0 aromatic carbocycles. The molecule has 0 aliphatic rings. The van der Waals surface area contributed by atoms with E-state index in [1.54, 1.807) is 6.07 Å². The Kier molecular flexibility index (Phi) is 4.75. The molecule has 4 heteroatoms. The van der Waals surface area contributed by atoms with Gasteiger partial charge in [-0.2, -0.15) is 0 Å². The summed E-state index contributed by atoms with van der Waals surface area (Å²) in [4.78, 5) is 13.1. The van der Waals surface area contributed by atoms with E-state index >= 15 is 0 Å². The number of hydrogen-bond donors (Lipinski definition) is 1. The molecule has 1 heterocycles. The molecule has 2 atom stereocenters. The summed E-state index contributed by atoms with van der Waals surface area (Å²) in [6, 6.07) is 3.81. The summed E-state index contributed by atoms with van der Waals surface area (Å²) in [6.45, 7) is 9.37. The molecule has 1 rings (SSSR count). The minimum Gasteiger partial charge on any atom is -0.475 e. The summed E-state index contributed by atoms with van der Waals surface area (Å²) in [5.41, 5.74) is 0. The van der Waals surface area contributed by atoms with Crippen molar-refractivity contribution in [2.45, 2.75) is 46.2 Å². The van der Waals surface area contributed by atoms with Gasteiger partial charge >= 0.3 is 5.97 Å². The van der Waals surface area contributed by atoms with Gasteiger partial charge in [0.1, 0.15) is 5.76 Å². The van der Waals surface area contributed by atoms with E-state index in [1.807, 2.05) is 6.92 Å². The third kappa shape index (κ3) is 3.09. The van der Waals surface area contributed by atoms with Crippen molar-refractivity contribution in [2.24, 2.45) is 0 Å². The lowest BCUT2D eigenvalue weighted by atomic mass is 10.1. The lowest BCUT2D eigenvalue weighted by Crippen LogP contribution is -2.34. The van der Waals surface area contributed by atoms with Crippen LogP contribution in [0.25, 0.3) is 0 Å². The second-order valence-electron chi connectivity index (χ2n) is 4.27. The van der Waals surface area contributed by atoms with Crippen molar-refractivity contribution >= 4 is 5.97 Å². The van der Waals surface area contributed by atoms with E-state index in [0.29, 0.717) is 11.8 Å². The van der Waals surface area contributed by atoms with E-state index in [9.17, 15) is 4.79 Å². The number of aromatic carboxylic acids is 1. The maximum atomic E-state index is 10.8. The van der Waals surface area contributed by atoms with Crippen LogP contribution in [0.3, 0.4) is 0 Å². The van der Waals surface area contributed by atoms with Gasteiger partial charge in [-0.15, -0.1) is 0 Å². The highest BCUT2D eigenvalue weighted by Crippen LogP contribution is 2.25. The summed E-state index contributed by atoms with van der Waals surface area (Å²) < 4.78 is 5.34. The number of furan rings is 1. The van der Waals surface area contributed by atoms with Gasteiger partial charge in [-0.3, -0.25) is 4.90 Å². The first-order valence-corrected chi connectivity index (χ1v) is 6.10. The second-order valence-corrected chi connectivity index (χ2v) is 4.27. The van der Waals surface area contributed by atoms with Crippen LogP contribution < -0.4 is 0 Å². The molecule has 1 aromatic rings. The van der Waals surface area contributed by atoms with Crippen molar-refractivity contribution in [1.82, 2.24) is 4.90 Å². The second kappa shape index (κ2) is 5.87. The standard InChI is InChI=1S/C13H21NO3/c1-5-9(3)14(6-2)10(4)11-7-8-12(17-11)13(15)16/h7-10H,5-6H2,1-4H3,(H,15,16). The fourth-order valence-corrected chi connectivity index (χ4v) is 2.06. The van der Waals surface area contributed by atoms with Crippen LogP contribution >= 0.6 is 0 Å². The van der Waals surface area contributed by atoms with Gasteiger partial charge in [0.05, 0.1) is 6.04 Å². The van der Waals surface area contributed by atoms with E-state index in [0.717, 1.165) is 13.0 Å². The van der Waals surface area contributed by atoms with Crippen LogP contribution in [0.4, 0.5) is 0 Å². The molecule has 4 nitrogen and oxygen atoms in total. The third-order valence-corrected chi connectivity index (χ3v) is 3.27. The first-order chi connectivity index (χ1) is 8.01. The van der Waals surface area contributed by atoms with E-state index in [-0.39, 0.29) is 11.8 Å². The summed E-state index contributed by atoms with van der Waals surface area (Å²) in [5, 5.41) is 8.82. The Morgan fingerprint density at radius 2 is 2.06 bits per heavy atom. The van der Waals surface area contributed by atoms with Crippen molar-refractivity contribution in [3.8, 4) is 0 Å². The monoisotopic (exact) mass is 239 g/mol. The molecule has 0 spiro atoms. The van der Waals surface area contributed by atoms with Gasteiger partial charge in [0.25, 0.3) is 0 Å². The van der Waals surface area contributed by atoms with Gasteiger partial charge in [-0.25, -0.2) is 4.79 Å². The largest absolute Gasteiger partial charge is 0.475 e. The van der Waals surface area contributed by atoms with Gasteiger partial charge < -0.3 is 9.52 Å². The van der Waals surface area contributed by atoms with Crippen LogP contribution in [0, 0.1) is 0 Å². The first-order valence-electron chi connectivity index (χ1n) is 6.10. The highest BCUT2D eigenvalue weighted by atomic mass is 16.4. The summed E-state index contributed by atoms with van der Waals surface area (Å²) >= 11 is 0. The minimum absolute atomic E-state index is 0.00653. The van der Waals surface area contributed by atoms with Crippen molar-refractivity contribution in [2.75, 3.05) is 6.54 Å². The number of carboxylic acid groups (broad SMARTS) is 1. The molecule has 0 saturated heterocycles. The highest BCUT2D eigenvalue weighted by Gasteiger charge is 2.22. The van der Waals surface area contributed by atoms with Crippen molar-refractivity contribution < 1.29 is 14.3 Å². The number of carbonyl (C=O) groups is 1. The van der Waals surface area contributed by atoms with Crippen LogP contribution in [0.2, 0.25) is 0 Å². The zero-order valence-corrected chi connectivity index (χ0v) is 10.9. The third-order valence-electron chi connectivity index (χ3n) is 3.27. The Morgan fingerprint density at radius 1 is 1.41 bits per heavy atom. The number of rotatable bonds is 6. The molecule has 0 fully saturated rings. The molecule has 2 unspecified atom stereocenters. The Morgan fingerprint density at radius 3 is 2.47 bits per heavy atom. The first kappa shape index (κ1) is 13.8. The van der Waals surface area contributed by atoms with E-state index < -0.39 is 5.97 Å². The number of hydrogen-bond acceptors (Lipinski definition) is 3. The zero-order valence-electron chi connectivity index (χ0n) is 10.9. The lowest BCUT2D eigenvalue weighted by Gasteiger charge is -2.31. The molecule has 0 aliphatic carbocycles. The van der Waals surface area contributed by atoms with Crippen LogP contribution in [0.15, 0.2) is 16.5 Å². The predicted molar refractivity (Wildman–Crippen MR) is 66.2 cm³/mol. The number of carboxylic acids is 1. The van der Waals surface area contributed by atoms with E-state index in [1.165, 1.54) is 6.07 Å². The molecular formula is C13H21NO3. The van der Waals surface area contributed by atoms with Crippen LogP contribution in [-0.4, -0.2) is 28.6 Å². The minimum atomic E-state index is -1.02. The molecule has 96 valence electrons. The molecule has 17 heavy (non-hydrogen) atoms. The number of nitrogens with zero attached hydrogens (tertiary/aromatic N) is 1. The normalized spacial score (nSPS) is 14.9. The predicted octanol–water partition coefficient (Wildman–Crippen LogP) is 3.16. The molecule has 0 saturated carbocycles. The van der Waals surface area contributed by atoms with Gasteiger partial charge in [-0.1, -0.05) is 13.8 Å². The molecule has 0 radical (unpaired) electrons. The van der Waals surface area contributed by atoms with Crippen LogP contribution in [0.5, 0.6) is 0 Å². The quantitative estimate of drug-likeness (QED) is 0.828. The highest BCUT2D eigenvalue weighted by molar-refractivity contribution is 5.84. The molecule has 0 aliphatic heterocycles. The molecule has 0 bridgehead atoms. The Bertz CT molecular complexity index is 372. The van der Waals surface area contributed by atoms with Gasteiger partial charge in [-0.05, 0) is 38.9 Å². The van der Waals surface area contributed by atoms with E-state index in [2.05, 4.69) is 25.7 Å².